The van der Waals surface area contributed by atoms with Gasteiger partial charge >= 0.3 is 0 Å². The molecule has 3 rings (SSSR count). The molecule has 0 saturated heterocycles. The van der Waals surface area contributed by atoms with Crippen molar-refractivity contribution in [3.05, 3.63) is 28.7 Å². The highest BCUT2D eigenvalue weighted by Crippen LogP contribution is 2.44. The monoisotopic (exact) mass is 325 g/mol. The van der Waals surface area contributed by atoms with Crippen LogP contribution in [0, 0.1) is 11.8 Å². The highest BCUT2D eigenvalue weighted by Gasteiger charge is 2.40. The number of hydrogen-bond acceptors (Lipinski definition) is 2. The standard InChI is InChI=1S/C15H20BrNS/c16-13-3-1-2-4-14(13)18-10-9-17-15(11-5-6-11)12-7-8-12/h1-4,11-12,15,17H,5-10H2. The molecule has 1 aromatic carbocycles. The first kappa shape index (κ1) is 13.0. The Hall–Kier alpha value is 0.01000. The molecule has 0 aliphatic heterocycles. The summed E-state index contributed by atoms with van der Waals surface area (Å²) in [4.78, 5) is 1.36. The molecule has 1 aromatic rings. The van der Waals surface area contributed by atoms with Gasteiger partial charge in [0.2, 0.25) is 0 Å². The van der Waals surface area contributed by atoms with Crippen LogP contribution in [0.25, 0.3) is 0 Å². The summed E-state index contributed by atoms with van der Waals surface area (Å²) in [6.07, 6.45) is 5.86. The Morgan fingerprint density at radius 2 is 1.83 bits per heavy atom. The Morgan fingerprint density at radius 1 is 1.17 bits per heavy atom. The summed E-state index contributed by atoms with van der Waals surface area (Å²) in [5, 5.41) is 3.80. The molecule has 0 spiro atoms. The van der Waals surface area contributed by atoms with Crippen molar-refractivity contribution in [2.24, 2.45) is 11.8 Å². The lowest BCUT2D eigenvalue weighted by molar-refractivity contribution is 0.429. The average Bonchev–Trinajstić information content (AvgIpc) is 3.25. The van der Waals surface area contributed by atoms with E-state index in [1.165, 1.54) is 40.8 Å². The summed E-state index contributed by atoms with van der Waals surface area (Å²) < 4.78 is 1.22. The van der Waals surface area contributed by atoms with Gasteiger partial charge in [-0.3, -0.25) is 0 Å². The summed E-state index contributed by atoms with van der Waals surface area (Å²) in [7, 11) is 0. The number of benzene rings is 1. The second-order valence-corrected chi connectivity index (χ2v) is 7.42. The molecule has 2 fully saturated rings. The lowest BCUT2D eigenvalue weighted by Gasteiger charge is -2.17. The van der Waals surface area contributed by atoms with Crippen LogP contribution in [0.15, 0.2) is 33.6 Å². The van der Waals surface area contributed by atoms with Gasteiger partial charge in [-0.1, -0.05) is 12.1 Å². The molecular weight excluding hydrogens is 306 g/mol. The molecule has 2 aliphatic rings. The minimum absolute atomic E-state index is 0.838. The fourth-order valence-corrected chi connectivity index (χ4v) is 4.03. The maximum atomic E-state index is 3.80. The second kappa shape index (κ2) is 5.98. The van der Waals surface area contributed by atoms with E-state index < -0.39 is 0 Å². The largest absolute Gasteiger partial charge is 0.313 e. The van der Waals surface area contributed by atoms with E-state index in [2.05, 4.69) is 45.5 Å². The first-order chi connectivity index (χ1) is 8.84. The van der Waals surface area contributed by atoms with Crippen LogP contribution >= 0.6 is 27.7 Å². The topological polar surface area (TPSA) is 12.0 Å². The number of rotatable bonds is 7. The Kier molecular flexibility index (Phi) is 4.32. The number of halogens is 1. The first-order valence-electron chi connectivity index (χ1n) is 6.95. The SMILES string of the molecule is Brc1ccccc1SCCNC(C1CC1)C1CC1. The van der Waals surface area contributed by atoms with Crippen molar-refractivity contribution in [3.8, 4) is 0 Å². The van der Waals surface area contributed by atoms with E-state index >= 15 is 0 Å². The zero-order valence-corrected chi connectivity index (χ0v) is 13.0. The minimum Gasteiger partial charge on any atom is -0.313 e. The van der Waals surface area contributed by atoms with Crippen LogP contribution in [-0.2, 0) is 0 Å². The van der Waals surface area contributed by atoms with Gasteiger partial charge in [0.25, 0.3) is 0 Å². The Balaban J connectivity index is 1.40. The third kappa shape index (κ3) is 3.52. The van der Waals surface area contributed by atoms with Crippen LogP contribution < -0.4 is 5.32 Å². The normalized spacial score (nSPS) is 19.4. The smallest absolute Gasteiger partial charge is 0.0311 e. The van der Waals surface area contributed by atoms with Gasteiger partial charge in [-0.25, -0.2) is 0 Å². The summed E-state index contributed by atoms with van der Waals surface area (Å²) in [5.41, 5.74) is 0. The van der Waals surface area contributed by atoms with E-state index in [-0.39, 0.29) is 0 Å². The lowest BCUT2D eigenvalue weighted by atomic mass is 10.1. The van der Waals surface area contributed by atoms with E-state index in [0.29, 0.717) is 0 Å². The van der Waals surface area contributed by atoms with Crippen LogP contribution in [0.1, 0.15) is 25.7 Å². The van der Waals surface area contributed by atoms with Gasteiger partial charge in [0.1, 0.15) is 0 Å². The van der Waals surface area contributed by atoms with Crippen LogP contribution in [-0.4, -0.2) is 18.3 Å². The third-order valence-electron chi connectivity index (χ3n) is 3.84. The van der Waals surface area contributed by atoms with Gasteiger partial charge in [-0.2, -0.15) is 0 Å². The zero-order valence-electron chi connectivity index (χ0n) is 10.6. The molecular formula is C15H20BrNS. The molecule has 98 valence electrons. The van der Waals surface area contributed by atoms with Gasteiger partial charge in [-0.05, 0) is 65.6 Å². The third-order valence-corrected chi connectivity index (χ3v) is 5.87. The number of nitrogens with one attached hydrogen (secondary N) is 1. The minimum atomic E-state index is 0.838. The molecule has 0 heterocycles. The van der Waals surface area contributed by atoms with E-state index in [1.807, 2.05) is 11.8 Å². The summed E-state index contributed by atoms with van der Waals surface area (Å²) in [5.74, 6) is 3.18. The number of hydrogen-bond donors (Lipinski definition) is 1. The maximum Gasteiger partial charge on any atom is 0.0311 e. The van der Waals surface area contributed by atoms with Crippen molar-refractivity contribution in [2.75, 3.05) is 12.3 Å². The summed E-state index contributed by atoms with van der Waals surface area (Å²) >= 11 is 5.55. The molecule has 3 heteroatoms. The van der Waals surface area contributed by atoms with Crippen molar-refractivity contribution >= 4 is 27.7 Å². The van der Waals surface area contributed by atoms with Crippen LogP contribution in [0.3, 0.4) is 0 Å². The Labute approximate surface area is 122 Å². The van der Waals surface area contributed by atoms with E-state index in [1.54, 1.807) is 0 Å². The van der Waals surface area contributed by atoms with E-state index in [0.717, 1.165) is 24.4 Å². The second-order valence-electron chi connectivity index (χ2n) is 5.43. The Morgan fingerprint density at radius 3 is 2.44 bits per heavy atom. The van der Waals surface area contributed by atoms with E-state index in [4.69, 9.17) is 0 Å². The van der Waals surface area contributed by atoms with E-state index in [9.17, 15) is 0 Å². The molecule has 1 nitrogen and oxygen atoms in total. The van der Waals surface area contributed by atoms with Crippen LogP contribution in [0.4, 0.5) is 0 Å². The lowest BCUT2D eigenvalue weighted by Crippen LogP contribution is -2.34. The predicted molar refractivity (Wildman–Crippen MR) is 82.1 cm³/mol. The number of thioether (sulfide) groups is 1. The van der Waals surface area contributed by atoms with Crippen molar-refractivity contribution in [2.45, 2.75) is 36.6 Å². The van der Waals surface area contributed by atoms with Crippen molar-refractivity contribution in [1.29, 1.82) is 0 Å². The molecule has 0 aromatic heterocycles. The average molecular weight is 326 g/mol. The van der Waals surface area contributed by atoms with Gasteiger partial charge in [-0.15, -0.1) is 11.8 Å². The van der Waals surface area contributed by atoms with Crippen LogP contribution in [0.5, 0.6) is 0 Å². The van der Waals surface area contributed by atoms with Gasteiger partial charge in [0.15, 0.2) is 0 Å². The molecule has 2 aliphatic carbocycles. The molecule has 0 unspecified atom stereocenters. The maximum absolute atomic E-state index is 3.80. The molecule has 18 heavy (non-hydrogen) atoms. The molecule has 0 radical (unpaired) electrons. The van der Waals surface area contributed by atoms with Crippen molar-refractivity contribution in [3.63, 3.8) is 0 Å². The highest BCUT2D eigenvalue weighted by atomic mass is 79.9. The Bertz CT molecular complexity index is 389. The molecule has 0 atom stereocenters. The molecule has 2 saturated carbocycles. The fraction of sp³-hybridized carbons (Fsp3) is 0.600. The highest BCUT2D eigenvalue weighted by molar-refractivity contribution is 9.10. The van der Waals surface area contributed by atoms with Crippen molar-refractivity contribution in [1.82, 2.24) is 5.32 Å². The molecule has 0 bridgehead atoms. The first-order valence-corrected chi connectivity index (χ1v) is 8.73. The van der Waals surface area contributed by atoms with Gasteiger partial charge < -0.3 is 5.32 Å². The summed E-state index contributed by atoms with van der Waals surface area (Å²) in [6.45, 7) is 1.14. The zero-order chi connectivity index (χ0) is 12.4. The quantitative estimate of drug-likeness (QED) is 0.592. The molecule has 0 amide bonds. The van der Waals surface area contributed by atoms with Gasteiger partial charge in [0, 0.05) is 27.7 Å². The fourth-order valence-electron chi connectivity index (χ4n) is 2.58. The van der Waals surface area contributed by atoms with Crippen LogP contribution in [0.2, 0.25) is 0 Å². The van der Waals surface area contributed by atoms with Crippen molar-refractivity contribution < 1.29 is 0 Å². The predicted octanol–water partition coefficient (Wildman–Crippen LogP) is 4.32. The molecule has 1 N–H and O–H groups in total. The van der Waals surface area contributed by atoms with Gasteiger partial charge in [0.05, 0.1) is 0 Å². The summed E-state index contributed by atoms with van der Waals surface area (Å²) in [6, 6.07) is 9.33.